The van der Waals surface area contributed by atoms with Gasteiger partial charge in [0.15, 0.2) is 0 Å². The Balaban J connectivity index is 0.000000136. The summed E-state index contributed by atoms with van der Waals surface area (Å²) >= 11 is 1.85. The second-order valence-corrected chi connectivity index (χ2v) is 32.7. The van der Waals surface area contributed by atoms with Gasteiger partial charge in [0, 0.05) is 121 Å². The first-order valence-corrected chi connectivity index (χ1v) is 41.7. The molecule has 120 heavy (non-hydrogen) atoms. The highest BCUT2D eigenvalue weighted by Gasteiger charge is 2.46. The summed E-state index contributed by atoms with van der Waals surface area (Å²) in [7, 11) is 0. The number of benzene rings is 20. The monoisotopic (exact) mass is 1550 g/mol. The molecule has 6 nitrogen and oxygen atoms in total. The van der Waals surface area contributed by atoms with E-state index in [1.54, 1.807) is 0 Å². The number of thiophene rings is 1. The van der Waals surface area contributed by atoms with E-state index in [9.17, 15) is 0 Å². The molecule has 0 atom stereocenters. The molecular formula is C113H68N2O4S. The fourth-order valence-electron chi connectivity index (χ4n) is 19.7. The molecule has 0 bridgehead atoms. The average molecular weight is 1550 g/mol. The summed E-state index contributed by atoms with van der Waals surface area (Å²) < 4.78 is 29.0. The molecule has 0 radical (unpaired) electrons. The summed E-state index contributed by atoms with van der Waals surface area (Å²) in [6, 6.07) is 149. The van der Waals surface area contributed by atoms with E-state index in [4.69, 9.17) is 17.7 Å². The van der Waals surface area contributed by atoms with E-state index in [2.05, 4.69) is 398 Å². The molecule has 20 aromatic carbocycles. The zero-order chi connectivity index (χ0) is 78.7. The highest BCUT2D eigenvalue weighted by molar-refractivity contribution is 7.25. The Hall–Kier alpha value is -15.5. The third-order valence-electron chi connectivity index (χ3n) is 25.1. The maximum Gasteiger partial charge on any atom is 0.137 e. The van der Waals surface area contributed by atoms with Crippen molar-refractivity contribution in [2.24, 2.45) is 0 Å². The Morgan fingerprint density at radius 2 is 0.533 bits per heavy atom. The van der Waals surface area contributed by atoms with Crippen LogP contribution in [0, 0.1) is 0 Å². The number of para-hydroxylation sites is 2. The van der Waals surface area contributed by atoms with E-state index >= 15 is 0 Å². The number of nitrogens with zero attached hydrogens (tertiary/aromatic N) is 2. The predicted molar refractivity (Wildman–Crippen MR) is 502 cm³/mol. The number of hydrogen-bond acceptors (Lipinski definition) is 7. The minimum atomic E-state index is -0.430. The molecule has 7 heteroatoms. The molecule has 0 spiro atoms. The second kappa shape index (κ2) is 26.8. The fourth-order valence-corrected chi connectivity index (χ4v) is 20.8. The molecule has 0 saturated heterocycles. The van der Waals surface area contributed by atoms with E-state index in [1.165, 1.54) is 108 Å². The Morgan fingerprint density at radius 1 is 0.192 bits per heavy atom. The van der Waals surface area contributed by atoms with Gasteiger partial charge in [0.1, 0.15) is 44.7 Å². The Morgan fingerprint density at radius 3 is 1.03 bits per heavy atom. The smallest absolute Gasteiger partial charge is 0.137 e. The first-order chi connectivity index (χ1) is 59.4. The quantitative estimate of drug-likeness (QED) is 0.127. The highest BCUT2D eigenvalue weighted by Crippen LogP contribution is 2.58. The zero-order valence-corrected chi connectivity index (χ0v) is 65.5. The molecule has 26 rings (SSSR count). The predicted octanol–water partition coefficient (Wildman–Crippen LogP) is 32.6. The summed E-state index contributed by atoms with van der Waals surface area (Å²) in [5.41, 5.74) is 25.0. The van der Waals surface area contributed by atoms with Crippen LogP contribution in [0.25, 0.3) is 184 Å². The normalized spacial score (nSPS) is 12.6. The molecule has 0 saturated carbocycles. The molecule has 0 fully saturated rings. The molecule has 0 amide bonds. The minimum absolute atomic E-state index is 0.430. The van der Waals surface area contributed by atoms with Crippen molar-refractivity contribution in [2.45, 2.75) is 5.41 Å². The molecule has 5 heterocycles. The maximum absolute atomic E-state index is 6.77. The van der Waals surface area contributed by atoms with Gasteiger partial charge in [0.2, 0.25) is 0 Å². The van der Waals surface area contributed by atoms with Gasteiger partial charge in [-0.15, -0.1) is 11.3 Å². The summed E-state index contributed by atoms with van der Waals surface area (Å²) in [5.74, 6) is 0. The minimum Gasteiger partial charge on any atom is -0.456 e. The SMILES string of the molecule is c1ccc(C2(c3ccccc3)c3ccccc3-c3cc(-c4ccc5oc6cc(N(c7ccc8c(c7)oc7ccccc78)c7cc8ccccc8c8ccccc78)ccc6c5c4)ccc32)cc1.c1ccc2c(c1)cc(N(c1ccc3c(c1)oc1ccccc13)c1ccc3c(c1)oc1ccc(-c4ccc5sc6ccccc6c5c4)cc13)c1ccccc12. The third-order valence-corrected chi connectivity index (χ3v) is 26.3. The average Bonchev–Trinajstić information content (AvgIpc) is 1.52. The van der Waals surface area contributed by atoms with Gasteiger partial charge in [-0.25, -0.2) is 0 Å². The van der Waals surface area contributed by atoms with Gasteiger partial charge in [-0.1, -0.05) is 267 Å². The van der Waals surface area contributed by atoms with Crippen LogP contribution in [0.5, 0.6) is 0 Å². The van der Waals surface area contributed by atoms with E-state index in [-0.39, 0.29) is 0 Å². The molecule has 0 unspecified atom stereocenters. The molecule has 1 aliphatic carbocycles. The van der Waals surface area contributed by atoms with Gasteiger partial charge in [-0.3, -0.25) is 0 Å². The molecule has 0 N–H and O–H groups in total. The summed E-state index contributed by atoms with van der Waals surface area (Å²) in [6.45, 7) is 0. The van der Waals surface area contributed by atoms with Gasteiger partial charge in [-0.2, -0.15) is 0 Å². The molecular weight excluding hydrogens is 1480 g/mol. The van der Waals surface area contributed by atoms with Crippen molar-refractivity contribution in [1.29, 1.82) is 0 Å². The zero-order valence-electron chi connectivity index (χ0n) is 64.7. The van der Waals surface area contributed by atoms with Crippen molar-refractivity contribution in [3.8, 4) is 33.4 Å². The van der Waals surface area contributed by atoms with Gasteiger partial charge < -0.3 is 27.5 Å². The molecule has 5 aromatic heterocycles. The topological polar surface area (TPSA) is 59.0 Å². The maximum atomic E-state index is 6.77. The summed E-state index contributed by atoms with van der Waals surface area (Å²) in [6.07, 6.45) is 0. The van der Waals surface area contributed by atoms with E-state index in [0.717, 1.165) is 133 Å². The van der Waals surface area contributed by atoms with Crippen LogP contribution >= 0.6 is 11.3 Å². The lowest BCUT2D eigenvalue weighted by Crippen LogP contribution is -2.28. The van der Waals surface area contributed by atoms with Crippen molar-refractivity contribution in [1.82, 2.24) is 0 Å². The lowest BCUT2D eigenvalue weighted by atomic mass is 9.67. The van der Waals surface area contributed by atoms with Gasteiger partial charge in [0.25, 0.3) is 0 Å². The second-order valence-electron chi connectivity index (χ2n) is 31.6. The summed E-state index contributed by atoms with van der Waals surface area (Å²) in [4.78, 5) is 4.70. The first kappa shape index (κ1) is 67.8. The summed E-state index contributed by atoms with van der Waals surface area (Å²) in [5, 5.41) is 21.0. The van der Waals surface area contributed by atoms with Crippen LogP contribution in [-0.4, -0.2) is 0 Å². The van der Waals surface area contributed by atoms with Crippen LogP contribution in [0.1, 0.15) is 22.3 Å². The van der Waals surface area contributed by atoms with Crippen LogP contribution in [0.2, 0.25) is 0 Å². The van der Waals surface area contributed by atoms with Crippen LogP contribution < -0.4 is 9.80 Å². The standard InChI is InChI=1S/C63H39NO2.C50H29NO2S/c1-3-16-43(17-4-1)63(44-18-5-2-6-19-44)56-25-13-11-22-49(56)54-35-40(27-33-57(54)63)41-28-34-60-55(36-41)53-32-30-46(39-62(53)66-60)64(45-29-31-52-51-24-12-14-26-59(51)65-61(52)38-45)58-37-42-15-7-8-20-47(42)48-21-9-10-23-50(48)58;1-2-10-35-32(9-1)27-44(37-12-4-3-11-36(35)37)51(33-19-21-39-38-13-5-7-15-45(38)52-47(39)28-33)34-20-22-40-42-25-30(17-23-46(42)53-48(40)29-34)31-18-24-50-43(26-31)41-14-6-8-16-49(41)54-50/h1-39H;1-29H. The van der Waals surface area contributed by atoms with Crippen molar-refractivity contribution < 1.29 is 17.7 Å². The van der Waals surface area contributed by atoms with E-state index in [1.807, 2.05) is 35.6 Å². The Bertz CT molecular complexity index is 8500. The van der Waals surface area contributed by atoms with Crippen molar-refractivity contribution in [3.63, 3.8) is 0 Å². The number of fused-ring (bicyclic) bond motifs is 24. The van der Waals surface area contributed by atoms with Gasteiger partial charge in [-0.05, 0) is 209 Å². The molecule has 0 aliphatic heterocycles. The molecule has 1 aliphatic rings. The lowest BCUT2D eigenvalue weighted by Gasteiger charge is -2.33. The lowest BCUT2D eigenvalue weighted by molar-refractivity contribution is 0.668. The number of furan rings is 4. The number of rotatable bonds is 10. The fraction of sp³-hybridized carbons (Fsp3) is 0.00885. The third kappa shape index (κ3) is 10.5. The van der Waals surface area contributed by atoms with Gasteiger partial charge in [0.05, 0.1) is 16.8 Å². The van der Waals surface area contributed by atoms with Crippen LogP contribution in [0.15, 0.2) is 430 Å². The number of anilines is 6. The van der Waals surface area contributed by atoms with Crippen molar-refractivity contribution >= 4 is 196 Å². The van der Waals surface area contributed by atoms with Crippen LogP contribution in [0.4, 0.5) is 34.1 Å². The molecule has 25 aromatic rings. The largest absolute Gasteiger partial charge is 0.456 e. The van der Waals surface area contributed by atoms with Crippen molar-refractivity contribution in [2.75, 3.05) is 9.80 Å². The van der Waals surface area contributed by atoms with E-state index in [0.29, 0.717) is 0 Å². The van der Waals surface area contributed by atoms with E-state index < -0.39 is 5.41 Å². The van der Waals surface area contributed by atoms with Crippen LogP contribution in [0.3, 0.4) is 0 Å². The number of hydrogen-bond donors (Lipinski definition) is 0. The van der Waals surface area contributed by atoms with Crippen LogP contribution in [-0.2, 0) is 5.41 Å². The Labute approximate surface area is 692 Å². The van der Waals surface area contributed by atoms with Gasteiger partial charge >= 0.3 is 0 Å². The molecule has 560 valence electrons. The highest BCUT2D eigenvalue weighted by atomic mass is 32.1. The first-order valence-electron chi connectivity index (χ1n) is 40.9. The van der Waals surface area contributed by atoms with Crippen molar-refractivity contribution in [3.05, 3.63) is 435 Å². The Kier molecular flexibility index (Phi) is 15.1.